The third kappa shape index (κ3) is 6.60. The fraction of sp³-hybridized carbons (Fsp3) is 0.333. The number of benzene rings is 3. The van der Waals surface area contributed by atoms with Crippen LogP contribution in [-0.4, -0.2) is 38.3 Å². The third-order valence-electron chi connectivity index (χ3n) is 7.93. The van der Waals surface area contributed by atoms with Crippen LogP contribution in [0.5, 0.6) is 5.88 Å². The van der Waals surface area contributed by atoms with E-state index in [9.17, 15) is 13.2 Å². The molecule has 1 aliphatic rings. The molecule has 2 heterocycles. The van der Waals surface area contributed by atoms with Gasteiger partial charge in [0.25, 0.3) is 0 Å². The molecule has 45 heavy (non-hydrogen) atoms. The van der Waals surface area contributed by atoms with Gasteiger partial charge in [-0.2, -0.15) is 0 Å². The number of carbonyl (C=O) groups excluding carboxylic acids is 1. The van der Waals surface area contributed by atoms with Crippen molar-refractivity contribution in [2.45, 2.75) is 66.4 Å². The van der Waals surface area contributed by atoms with Crippen LogP contribution in [0, 0.1) is 20.8 Å². The topological polar surface area (TPSA) is 95.0 Å². The first-order chi connectivity index (χ1) is 21.2. The first-order valence-electron chi connectivity index (χ1n) is 14.8. The van der Waals surface area contributed by atoms with E-state index in [1.54, 1.807) is 12.3 Å². The molecule has 4 aromatic rings. The summed E-state index contributed by atoms with van der Waals surface area (Å²) < 4.78 is 46.1. The molecule has 1 atom stereocenters. The molecule has 3 aromatic carbocycles. The second-order valence-electron chi connectivity index (χ2n) is 12.5. The van der Waals surface area contributed by atoms with E-state index in [-0.39, 0.29) is 13.2 Å². The lowest BCUT2D eigenvalue weighted by Crippen LogP contribution is -2.35. The van der Waals surface area contributed by atoms with Crippen LogP contribution in [0.15, 0.2) is 66.9 Å². The average Bonchev–Trinajstić information content (AvgIpc) is 2.99. The van der Waals surface area contributed by atoms with Crippen LogP contribution in [0.1, 0.15) is 60.3 Å². The van der Waals surface area contributed by atoms with Crippen molar-refractivity contribution in [2.75, 3.05) is 17.7 Å². The quantitative estimate of drug-likeness (QED) is 0.190. The molecule has 0 aliphatic carbocycles. The zero-order valence-electron chi connectivity index (χ0n) is 27.1. The summed E-state index contributed by atoms with van der Waals surface area (Å²) in [5, 5.41) is 0. The van der Waals surface area contributed by atoms with Gasteiger partial charge in [-0.05, 0) is 74.9 Å². The predicted molar refractivity (Wildman–Crippen MR) is 177 cm³/mol. The number of methoxy groups -OCH3 is 1. The molecular formula is C36H40N2O6S. The maximum absolute atomic E-state index is 14.1. The molecule has 8 nitrogen and oxygen atoms in total. The summed E-state index contributed by atoms with van der Waals surface area (Å²) in [6.07, 6.45) is 1.78. The number of aryl methyl sites for hydroxylation is 1. The zero-order valence-corrected chi connectivity index (χ0v) is 27.9. The number of esters is 1. The number of aromatic nitrogens is 1. The highest BCUT2D eigenvalue weighted by atomic mass is 32.2. The highest BCUT2D eigenvalue weighted by molar-refractivity contribution is 7.92. The Kier molecular flexibility index (Phi) is 8.79. The van der Waals surface area contributed by atoms with Gasteiger partial charge < -0.3 is 14.2 Å². The summed E-state index contributed by atoms with van der Waals surface area (Å²) in [7, 11) is -2.22. The minimum absolute atomic E-state index is 0.0723. The van der Waals surface area contributed by atoms with Gasteiger partial charge in [0.2, 0.25) is 15.9 Å². The van der Waals surface area contributed by atoms with E-state index in [0.29, 0.717) is 22.7 Å². The minimum atomic E-state index is -3.75. The standard InChI is InChI=1S/C36H40N2O6S/c1-22-14-16-26(17-15-22)30-23(2)31-28-19-37-29(42-7)18-27(28)20-38(45(8,40)41)33(31)24(3)32(30)34(44-36(4,5)6)35(39)43-21-25-12-10-9-11-13-25/h9-19,34H,20-21H2,1-8H3/t34-/m0/s1. The highest BCUT2D eigenvalue weighted by Crippen LogP contribution is 2.51. The Morgan fingerprint density at radius 2 is 1.64 bits per heavy atom. The zero-order chi connectivity index (χ0) is 32.7. The molecule has 1 aromatic heterocycles. The van der Waals surface area contributed by atoms with Crippen LogP contribution < -0.4 is 9.04 Å². The van der Waals surface area contributed by atoms with E-state index >= 15 is 0 Å². The number of hydrogen-bond acceptors (Lipinski definition) is 7. The predicted octanol–water partition coefficient (Wildman–Crippen LogP) is 7.23. The van der Waals surface area contributed by atoms with Crippen molar-refractivity contribution < 1.29 is 27.4 Å². The van der Waals surface area contributed by atoms with E-state index < -0.39 is 27.7 Å². The smallest absolute Gasteiger partial charge is 0.340 e. The Bertz CT molecular complexity index is 1850. The van der Waals surface area contributed by atoms with E-state index in [1.807, 2.05) is 96.1 Å². The summed E-state index contributed by atoms with van der Waals surface area (Å²) in [4.78, 5) is 18.6. The van der Waals surface area contributed by atoms with E-state index in [4.69, 9.17) is 14.2 Å². The monoisotopic (exact) mass is 628 g/mol. The van der Waals surface area contributed by atoms with Crippen molar-refractivity contribution in [3.63, 3.8) is 0 Å². The van der Waals surface area contributed by atoms with Gasteiger partial charge in [0.1, 0.15) is 6.61 Å². The SMILES string of the molecule is COc1cc2c(cn1)-c1c(C)c(-c3ccc(C)cc3)c([C@H](OC(C)(C)C)C(=O)OCc3ccccc3)c(C)c1N(S(C)(=O)=O)C2. The van der Waals surface area contributed by atoms with Crippen molar-refractivity contribution >= 4 is 21.7 Å². The average molecular weight is 629 g/mol. The normalized spacial score (nSPS) is 13.6. The molecule has 0 saturated heterocycles. The Morgan fingerprint density at radius 3 is 2.24 bits per heavy atom. The molecule has 9 heteroatoms. The van der Waals surface area contributed by atoms with Crippen molar-refractivity contribution in [2.24, 2.45) is 0 Å². The molecular weight excluding hydrogens is 588 g/mol. The molecule has 0 bridgehead atoms. The highest BCUT2D eigenvalue weighted by Gasteiger charge is 2.39. The number of pyridine rings is 1. The number of carbonyl (C=O) groups is 1. The summed E-state index contributed by atoms with van der Waals surface area (Å²) in [6.45, 7) is 11.6. The third-order valence-corrected chi connectivity index (χ3v) is 9.05. The molecule has 0 saturated carbocycles. The van der Waals surface area contributed by atoms with Crippen molar-refractivity contribution in [1.29, 1.82) is 0 Å². The number of nitrogens with zero attached hydrogens (tertiary/aromatic N) is 2. The van der Waals surface area contributed by atoms with Gasteiger partial charge in [-0.25, -0.2) is 18.2 Å². The van der Waals surface area contributed by atoms with E-state index in [0.717, 1.165) is 44.5 Å². The maximum Gasteiger partial charge on any atom is 0.340 e. The second-order valence-corrected chi connectivity index (χ2v) is 14.4. The summed E-state index contributed by atoms with van der Waals surface area (Å²) >= 11 is 0. The lowest BCUT2D eigenvalue weighted by atomic mass is 9.80. The second kappa shape index (κ2) is 12.3. The Labute approximate surface area is 266 Å². The van der Waals surface area contributed by atoms with Gasteiger partial charge in [0, 0.05) is 29.0 Å². The molecule has 0 radical (unpaired) electrons. The molecule has 236 valence electrons. The molecule has 5 rings (SSSR count). The molecule has 0 N–H and O–H groups in total. The van der Waals surface area contributed by atoms with Crippen LogP contribution >= 0.6 is 0 Å². The number of ether oxygens (including phenoxy) is 3. The van der Waals surface area contributed by atoms with Gasteiger partial charge in [-0.3, -0.25) is 4.31 Å². The van der Waals surface area contributed by atoms with Crippen molar-refractivity contribution in [3.8, 4) is 28.1 Å². The van der Waals surface area contributed by atoms with E-state index in [2.05, 4.69) is 4.98 Å². The maximum atomic E-state index is 14.1. The van der Waals surface area contributed by atoms with Crippen LogP contribution in [0.2, 0.25) is 0 Å². The van der Waals surface area contributed by atoms with Crippen molar-refractivity contribution in [1.82, 2.24) is 4.98 Å². The molecule has 0 amide bonds. The van der Waals surface area contributed by atoms with E-state index in [1.165, 1.54) is 17.7 Å². The summed E-state index contributed by atoms with van der Waals surface area (Å²) in [5.41, 5.74) is 7.66. The first kappa shape index (κ1) is 32.2. The van der Waals surface area contributed by atoms with Crippen molar-refractivity contribution in [3.05, 3.63) is 100 Å². The van der Waals surface area contributed by atoms with Crippen LogP contribution in [0.4, 0.5) is 5.69 Å². The van der Waals surface area contributed by atoms with Gasteiger partial charge in [-0.15, -0.1) is 0 Å². The fourth-order valence-electron chi connectivity index (χ4n) is 5.91. The number of fused-ring (bicyclic) bond motifs is 3. The van der Waals surface area contributed by atoms with Crippen LogP contribution in [0.25, 0.3) is 22.3 Å². The van der Waals surface area contributed by atoms with Gasteiger partial charge in [0.15, 0.2) is 6.10 Å². The Morgan fingerprint density at radius 1 is 0.978 bits per heavy atom. The van der Waals surface area contributed by atoms with Gasteiger partial charge in [-0.1, -0.05) is 60.2 Å². The first-order valence-corrected chi connectivity index (χ1v) is 16.7. The largest absolute Gasteiger partial charge is 0.481 e. The molecule has 0 unspecified atom stereocenters. The molecule has 1 aliphatic heterocycles. The van der Waals surface area contributed by atoms with Crippen LogP contribution in [-0.2, 0) is 37.4 Å². The Balaban J connectivity index is 1.83. The Hall–Kier alpha value is -4.21. The lowest BCUT2D eigenvalue weighted by Gasteiger charge is -2.37. The minimum Gasteiger partial charge on any atom is -0.481 e. The molecule has 0 fully saturated rings. The molecule has 0 spiro atoms. The summed E-state index contributed by atoms with van der Waals surface area (Å²) in [5.74, 6) is -0.159. The number of sulfonamides is 1. The fourth-order valence-corrected chi connectivity index (χ4v) is 6.84. The van der Waals surface area contributed by atoms with Gasteiger partial charge in [0.05, 0.1) is 31.2 Å². The number of hydrogen-bond donors (Lipinski definition) is 0. The van der Waals surface area contributed by atoms with Crippen LogP contribution in [0.3, 0.4) is 0 Å². The lowest BCUT2D eigenvalue weighted by molar-refractivity contribution is -0.168. The number of rotatable bonds is 8. The summed E-state index contributed by atoms with van der Waals surface area (Å²) in [6, 6.07) is 19.3. The van der Waals surface area contributed by atoms with Gasteiger partial charge >= 0.3 is 5.97 Å². The number of anilines is 1.